The van der Waals surface area contributed by atoms with Crippen LogP contribution in [-0.4, -0.2) is 20.6 Å². The van der Waals surface area contributed by atoms with Gasteiger partial charge in [0.1, 0.15) is 0 Å². The number of aromatic amines is 1. The van der Waals surface area contributed by atoms with Gasteiger partial charge in [0.05, 0.1) is 12.5 Å². The van der Waals surface area contributed by atoms with Gasteiger partial charge in [0.25, 0.3) is 0 Å². The van der Waals surface area contributed by atoms with E-state index in [0.29, 0.717) is 0 Å². The largest absolute Gasteiger partial charge is 0.473 e. The summed E-state index contributed by atoms with van der Waals surface area (Å²) in [4.78, 5) is 0. The van der Waals surface area contributed by atoms with Crippen molar-refractivity contribution < 1.29 is 4.42 Å². The van der Waals surface area contributed by atoms with Crippen LogP contribution in [0.4, 0.5) is 0 Å². The predicted molar refractivity (Wildman–Crippen MR) is 32.9 cm³/mol. The van der Waals surface area contributed by atoms with Crippen molar-refractivity contribution >= 4 is 0 Å². The molecule has 0 saturated carbocycles. The molecule has 2 heterocycles. The van der Waals surface area contributed by atoms with Gasteiger partial charge in [-0.3, -0.25) is 0 Å². The van der Waals surface area contributed by atoms with Crippen molar-refractivity contribution in [1.29, 1.82) is 0 Å². The molecule has 0 radical (unpaired) electrons. The smallest absolute Gasteiger partial charge is 0.161 e. The number of hydrogen-bond donors (Lipinski definition) is 1. The van der Waals surface area contributed by atoms with Crippen molar-refractivity contribution in [3.8, 4) is 0 Å². The fourth-order valence-electron chi connectivity index (χ4n) is 0.356. The van der Waals surface area contributed by atoms with Crippen LogP contribution in [0.15, 0.2) is 35.4 Å². The molecule has 0 atom stereocenters. The Hall–Kier alpha value is -1.65. The lowest BCUT2D eigenvalue weighted by atomic mass is 10.7. The standard InChI is InChI=1S/C4H4O.CH2N4/c2*1-2-4-5-3-1/h1-4H;1H,(H,2,3,4,5). The third-order valence-corrected chi connectivity index (χ3v) is 0.695. The van der Waals surface area contributed by atoms with Gasteiger partial charge in [-0.1, -0.05) is 5.21 Å². The van der Waals surface area contributed by atoms with E-state index in [-0.39, 0.29) is 0 Å². The van der Waals surface area contributed by atoms with Crippen molar-refractivity contribution in [1.82, 2.24) is 20.6 Å². The van der Waals surface area contributed by atoms with Crippen molar-refractivity contribution in [2.45, 2.75) is 0 Å². The summed E-state index contributed by atoms with van der Waals surface area (Å²) < 4.78 is 4.58. The van der Waals surface area contributed by atoms with Gasteiger partial charge in [-0.25, -0.2) is 0 Å². The van der Waals surface area contributed by atoms with Crippen LogP contribution >= 0.6 is 0 Å². The molecule has 0 bridgehead atoms. The molecule has 5 heteroatoms. The first-order valence-corrected chi connectivity index (χ1v) is 2.64. The fourth-order valence-corrected chi connectivity index (χ4v) is 0.356. The van der Waals surface area contributed by atoms with E-state index >= 15 is 0 Å². The van der Waals surface area contributed by atoms with Crippen LogP contribution < -0.4 is 0 Å². The third-order valence-electron chi connectivity index (χ3n) is 0.695. The van der Waals surface area contributed by atoms with Crippen LogP contribution in [0.5, 0.6) is 0 Å². The van der Waals surface area contributed by atoms with E-state index < -0.39 is 0 Å². The Morgan fingerprint density at radius 3 is 2.20 bits per heavy atom. The third kappa shape index (κ3) is 2.61. The summed E-state index contributed by atoms with van der Waals surface area (Å²) in [5.41, 5.74) is 0. The molecule has 0 fully saturated rings. The van der Waals surface area contributed by atoms with Crippen molar-refractivity contribution in [3.63, 3.8) is 0 Å². The van der Waals surface area contributed by atoms with Crippen molar-refractivity contribution in [3.05, 3.63) is 31.0 Å². The topological polar surface area (TPSA) is 67.6 Å². The lowest BCUT2D eigenvalue weighted by Gasteiger charge is -1.50. The zero-order valence-corrected chi connectivity index (χ0v) is 5.14. The Morgan fingerprint density at radius 2 is 2.00 bits per heavy atom. The molecule has 0 unspecified atom stereocenters. The van der Waals surface area contributed by atoms with Crippen LogP contribution in [0.3, 0.4) is 0 Å². The molecule has 2 aromatic rings. The Kier molecular flexibility index (Phi) is 2.75. The van der Waals surface area contributed by atoms with E-state index in [1.807, 2.05) is 12.1 Å². The summed E-state index contributed by atoms with van der Waals surface area (Å²) >= 11 is 0. The molecular formula is C5H6N4O. The number of nitrogens with zero attached hydrogens (tertiary/aromatic N) is 3. The molecule has 0 amide bonds. The molecule has 5 nitrogen and oxygen atoms in total. The second-order valence-corrected chi connectivity index (χ2v) is 1.35. The highest BCUT2D eigenvalue weighted by Crippen LogP contribution is 1.79. The highest BCUT2D eigenvalue weighted by molar-refractivity contribution is 4.79. The Balaban J connectivity index is 0.0000001000. The lowest BCUT2D eigenvalue weighted by molar-refractivity contribution is 0.567. The van der Waals surface area contributed by atoms with Crippen molar-refractivity contribution in [2.75, 3.05) is 0 Å². The van der Waals surface area contributed by atoms with Gasteiger partial charge in [0.2, 0.25) is 0 Å². The SMILES string of the molecule is c1ccoc1.c1nn[nH]n1. The monoisotopic (exact) mass is 138 g/mol. The zero-order valence-electron chi connectivity index (χ0n) is 5.14. The quantitative estimate of drug-likeness (QED) is 0.574. The number of tetrazole rings is 1. The summed E-state index contributed by atoms with van der Waals surface area (Å²) in [5, 5.41) is 12.2. The average molecular weight is 138 g/mol. The van der Waals surface area contributed by atoms with Crippen molar-refractivity contribution in [2.24, 2.45) is 0 Å². The van der Waals surface area contributed by atoms with Gasteiger partial charge in [0.15, 0.2) is 6.33 Å². The van der Waals surface area contributed by atoms with E-state index in [1.165, 1.54) is 6.33 Å². The highest BCUT2D eigenvalue weighted by Gasteiger charge is 1.59. The first kappa shape index (κ1) is 6.47. The molecule has 0 saturated heterocycles. The van der Waals surface area contributed by atoms with Crippen LogP contribution in [0.2, 0.25) is 0 Å². The number of aromatic nitrogens is 4. The lowest BCUT2D eigenvalue weighted by Crippen LogP contribution is -1.64. The minimum atomic E-state index is 1.33. The number of rotatable bonds is 0. The molecule has 1 N–H and O–H groups in total. The van der Waals surface area contributed by atoms with Gasteiger partial charge in [0, 0.05) is 0 Å². The molecule has 0 spiro atoms. The number of furan rings is 1. The normalized spacial score (nSPS) is 8.00. The van der Waals surface area contributed by atoms with E-state index in [4.69, 9.17) is 0 Å². The highest BCUT2D eigenvalue weighted by atomic mass is 16.3. The fraction of sp³-hybridized carbons (Fsp3) is 0. The van der Waals surface area contributed by atoms with E-state index in [2.05, 4.69) is 25.0 Å². The molecule has 10 heavy (non-hydrogen) atoms. The number of hydrogen-bond acceptors (Lipinski definition) is 4. The van der Waals surface area contributed by atoms with Crippen LogP contribution in [0.25, 0.3) is 0 Å². The van der Waals surface area contributed by atoms with Gasteiger partial charge < -0.3 is 4.42 Å². The molecule has 0 aliphatic rings. The van der Waals surface area contributed by atoms with Gasteiger partial charge in [-0.05, 0) is 12.1 Å². The van der Waals surface area contributed by atoms with E-state index in [0.717, 1.165) is 0 Å². The van der Waals surface area contributed by atoms with Crippen LogP contribution in [0, 0.1) is 0 Å². The zero-order chi connectivity index (χ0) is 7.07. The summed E-state index contributed by atoms with van der Waals surface area (Å²) in [7, 11) is 0. The van der Waals surface area contributed by atoms with Crippen LogP contribution in [0.1, 0.15) is 0 Å². The molecule has 0 aliphatic heterocycles. The molecule has 0 aliphatic carbocycles. The van der Waals surface area contributed by atoms with Crippen LogP contribution in [-0.2, 0) is 0 Å². The minimum absolute atomic E-state index is 1.33. The number of H-pyrrole nitrogens is 1. The summed E-state index contributed by atoms with van der Waals surface area (Å²) in [5.74, 6) is 0. The second kappa shape index (κ2) is 4.25. The Labute approximate surface area is 57.1 Å². The maximum Gasteiger partial charge on any atom is 0.161 e. The molecule has 2 rings (SSSR count). The molecular weight excluding hydrogens is 132 g/mol. The molecule has 52 valence electrons. The first-order valence-electron chi connectivity index (χ1n) is 2.64. The summed E-state index contributed by atoms with van der Waals surface area (Å²) in [6, 6.07) is 3.67. The van der Waals surface area contributed by atoms with Gasteiger partial charge in [-0.15, -0.1) is 10.2 Å². The molecule has 0 aromatic carbocycles. The number of nitrogens with one attached hydrogen (secondary N) is 1. The summed E-state index contributed by atoms with van der Waals surface area (Å²) in [6.45, 7) is 0. The second-order valence-electron chi connectivity index (χ2n) is 1.35. The predicted octanol–water partition coefficient (Wildman–Crippen LogP) is 0.479. The van der Waals surface area contributed by atoms with E-state index in [9.17, 15) is 0 Å². The minimum Gasteiger partial charge on any atom is -0.473 e. The van der Waals surface area contributed by atoms with Gasteiger partial charge in [-0.2, -0.15) is 5.21 Å². The Bertz CT molecular complexity index is 153. The summed E-state index contributed by atoms with van der Waals surface area (Å²) in [6.07, 6.45) is 4.58. The maximum absolute atomic E-state index is 4.58. The van der Waals surface area contributed by atoms with E-state index in [1.54, 1.807) is 12.5 Å². The maximum atomic E-state index is 4.58. The Morgan fingerprint density at radius 1 is 1.20 bits per heavy atom. The van der Waals surface area contributed by atoms with Gasteiger partial charge >= 0.3 is 0 Å². The average Bonchev–Trinajstić information content (AvgIpc) is 2.67. The first-order chi connectivity index (χ1) is 5.00. The molecule has 2 aromatic heterocycles.